The Labute approximate surface area is 364 Å². The number of halogens is 2. The molecule has 324 valence electrons. The van der Waals surface area contributed by atoms with Crippen LogP contribution >= 0.6 is 0 Å². The summed E-state index contributed by atoms with van der Waals surface area (Å²) in [6.07, 6.45) is 11.8. The first-order valence-corrected chi connectivity index (χ1v) is 21.4. The van der Waals surface area contributed by atoms with Gasteiger partial charge in [0.25, 0.3) is 5.91 Å². The molecule has 0 spiro atoms. The lowest BCUT2D eigenvalue weighted by molar-refractivity contribution is 0.0748. The number of aromatic hydroxyl groups is 3. The first kappa shape index (κ1) is 41.8. The number of hydrogen-bond donors (Lipinski definition) is 4. The Morgan fingerprint density at radius 1 is 0.952 bits per heavy atom. The van der Waals surface area contributed by atoms with Crippen LogP contribution in [0.15, 0.2) is 60.8 Å². The second kappa shape index (κ2) is 17.0. The molecule has 4 N–H and O–H groups in total. The van der Waals surface area contributed by atoms with Gasteiger partial charge in [0.2, 0.25) is 0 Å². The number of aromatic nitrogens is 3. The van der Waals surface area contributed by atoms with Gasteiger partial charge >= 0.3 is 6.01 Å². The van der Waals surface area contributed by atoms with Crippen molar-refractivity contribution in [3.63, 3.8) is 0 Å². The zero-order valence-corrected chi connectivity index (χ0v) is 35.5. The normalized spacial score (nSPS) is 18.2. The SMILES string of the molecule is C#Cc1c(F)ccc2cc(O)cc(-c3ncc4c(N5CC6CCC(C5)N6)nc(OC)nc4c3F)c12.CC(C)c1cc(C(=O)N2Cc3ccc(CN4CCCC4)cc3C2)c(O)cc1O. The topological polar surface area (TPSA) is 147 Å². The molecule has 2 bridgehead atoms. The Hall–Kier alpha value is -6.56. The van der Waals surface area contributed by atoms with Gasteiger partial charge in [-0.1, -0.05) is 44.0 Å². The number of nitrogens with zero attached hydrogens (tertiary/aromatic N) is 6. The average molecular weight is 854 g/mol. The molecule has 6 aromatic rings. The number of methoxy groups -OCH3 is 1. The minimum Gasteiger partial charge on any atom is -0.508 e. The summed E-state index contributed by atoms with van der Waals surface area (Å²) < 4.78 is 35.9. The number of fused-ring (bicyclic) bond motifs is 5. The molecule has 3 fully saturated rings. The molecule has 4 aromatic carbocycles. The molecule has 4 aliphatic heterocycles. The molecule has 6 heterocycles. The van der Waals surface area contributed by atoms with E-state index in [0.29, 0.717) is 47.3 Å². The fourth-order valence-corrected chi connectivity index (χ4v) is 9.55. The standard InChI is InChI=1S/C26H21F2N5O2.C23H28N2O3/c1-3-17-20(27)7-4-13-8-16(34)9-18(21(13)17)23-22(28)24-19(10-29-23)25(32-26(31-24)35-2)33-11-14-5-6-15(12-33)30-14;1-15(2)19-10-20(22(27)11-21(19)26)23(28)25-13-17-6-5-16(9-18(17)14-25)12-24-7-3-4-8-24/h1,4,7-10,14-15,30,34H,5-6,11-12H2,2H3;5-6,9-11,15,26-27H,3-4,7-8,12-14H2,1-2H3. The summed E-state index contributed by atoms with van der Waals surface area (Å²) in [5.41, 5.74) is 4.64. The Morgan fingerprint density at radius 3 is 2.41 bits per heavy atom. The van der Waals surface area contributed by atoms with Crippen molar-refractivity contribution in [3.05, 3.63) is 106 Å². The molecule has 0 radical (unpaired) electrons. The molecule has 0 aliphatic carbocycles. The molecule has 1 amide bonds. The first-order chi connectivity index (χ1) is 30.4. The van der Waals surface area contributed by atoms with E-state index in [1.165, 1.54) is 86.3 Å². The second-order valence-corrected chi connectivity index (χ2v) is 17.2. The molecule has 2 unspecified atom stereocenters. The number of pyridine rings is 1. The molecule has 3 saturated heterocycles. The van der Waals surface area contributed by atoms with Crippen LogP contribution in [0.5, 0.6) is 23.3 Å². The van der Waals surface area contributed by atoms with Crippen LogP contribution in [-0.2, 0) is 19.6 Å². The van der Waals surface area contributed by atoms with Gasteiger partial charge in [-0.3, -0.25) is 14.7 Å². The summed E-state index contributed by atoms with van der Waals surface area (Å²) in [6, 6.07) is 15.6. The predicted octanol–water partition coefficient (Wildman–Crippen LogP) is 7.73. The van der Waals surface area contributed by atoms with E-state index in [1.807, 2.05) is 13.8 Å². The highest BCUT2D eigenvalue weighted by Crippen LogP contribution is 2.40. The number of ether oxygens (including phenoxy) is 1. The lowest BCUT2D eigenvalue weighted by Crippen LogP contribution is -2.51. The van der Waals surface area contributed by atoms with Gasteiger partial charge in [0, 0.05) is 68.0 Å². The number of terminal acetylenes is 1. The summed E-state index contributed by atoms with van der Waals surface area (Å²) in [5, 5.41) is 35.3. The van der Waals surface area contributed by atoms with Crippen molar-refractivity contribution in [1.29, 1.82) is 0 Å². The Bertz CT molecular complexity index is 2810. The van der Waals surface area contributed by atoms with Crippen molar-refractivity contribution >= 4 is 33.4 Å². The quantitative estimate of drug-likeness (QED) is 0.117. The number of carbonyl (C=O) groups excluding carboxylic acids is 1. The molecular formula is C49H49F2N7O5. The van der Waals surface area contributed by atoms with Gasteiger partial charge in [-0.2, -0.15) is 9.97 Å². The fourth-order valence-electron chi connectivity index (χ4n) is 9.55. The van der Waals surface area contributed by atoms with E-state index >= 15 is 4.39 Å². The van der Waals surface area contributed by atoms with Crippen molar-refractivity contribution in [2.24, 2.45) is 0 Å². The molecule has 2 aromatic heterocycles. The highest BCUT2D eigenvalue weighted by molar-refractivity contribution is 6.03. The van der Waals surface area contributed by atoms with E-state index in [9.17, 15) is 24.5 Å². The molecule has 10 rings (SSSR count). The third-order valence-electron chi connectivity index (χ3n) is 12.7. The van der Waals surface area contributed by atoms with E-state index in [0.717, 1.165) is 32.5 Å². The van der Waals surface area contributed by atoms with E-state index in [2.05, 4.69) is 54.2 Å². The van der Waals surface area contributed by atoms with Crippen LogP contribution < -0.4 is 15.0 Å². The molecule has 0 saturated carbocycles. The van der Waals surface area contributed by atoms with Crippen LogP contribution in [-0.4, -0.2) is 91.4 Å². The maximum absolute atomic E-state index is 16.1. The summed E-state index contributed by atoms with van der Waals surface area (Å²) in [5.74, 6) is 1.15. The number of amides is 1. The third-order valence-corrected chi connectivity index (χ3v) is 12.7. The molecule has 63 heavy (non-hydrogen) atoms. The minimum atomic E-state index is -0.735. The monoisotopic (exact) mass is 853 g/mol. The second-order valence-electron chi connectivity index (χ2n) is 17.2. The van der Waals surface area contributed by atoms with Gasteiger partial charge in [0.05, 0.1) is 23.6 Å². The van der Waals surface area contributed by atoms with Gasteiger partial charge in [0.1, 0.15) is 40.1 Å². The number of piperazine rings is 1. The van der Waals surface area contributed by atoms with Crippen molar-refractivity contribution < 1.29 is 33.6 Å². The van der Waals surface area contributed by atoms with Crippen LogP contribution in [0.4, 0.5) is 14.6 Å². The van der Waals surface area contributed by atoms with Crippen molar-refractivity contribution in [1.82, 2.24) is 30.1 Å². The first-order valence-electron chi connectivity index (χ1n) is 21.4. The molecule has 4 aliphatic rings. The summed E-state index contributed by atoms with van der Waals surface area (Å²) in [4.78, 5) is 32.6. The number of nitrogens with one attached hydrogen (secondary N) is 1. The van der Waals surface area contributed by atoms with Gasteiger partial charge in [0.15, 0.2) is 5.82 Å². The molecular weight excluding hydrogens is 805 g/mol. The highest BCUT2D eigenvalue weighted by Gasteiger charge is 2.34. The largest absolute Gasteiger partial charge is 0.508 e. The predicted molar refractivity (Wildman–Crippen MR) is 237 cm³/mol. The van der Waals surface area contributed by atoms with Crippen LogP contribution in [0.1, 0.15) is 83.6 Å². The Kier molecular flexibility index (Phi) is 11.2. The minimum absolute atomic E-state index is 0.0258. The Balaban J connectivity index is 0.000000164. The zero-order valence-electron chi connectivity index (χ0n) is 35.5. The lowest BCUT2D eigenvalue weighted by Gasteiger charge is -2.34. The van der Waals surface area contributed by atoms with Crippen LogP contribution in [0.25, 0.3) is 32.9 Å². The maximum atomic E-state index is 16.1. The number of hydrogen-bond acceptors (Lipinski definition) is 11. The molecule has 12 nitrogen and oxygen atoms in total. The number of phenols is 3. The summed E-state index contributed by atoms with van der Waals surface area (Å²) >= 11 is 0. The third kappa shape index (κ3) is 8.03. The average Bonchev–Trinajstić information content (AvgIpc) is 4.03. The Morgan fingerprint density at radius 2 is 1.70 bits per heavy atom. The summed E-state index contributed by atoms with van der Waals surface area (Å²) in [7, 11) is 1.43. The van der Waals surface area contributed by atoms with Crippen molar-refractivity contribution in [2.45, 2.75) is 77.2 Å². The van der Waals surface area contributed by atoms with E-state index in [1.54, 1.807) is 11.0 Å². The van der Waals surface area contributed by atoms with Gasteiger partial charge in [-0.25, -0.2) is 8.78 Å². The van der Waals surface area contributed by atoms with Gasteiger partial charge in [-0.15, -0.1) is 6.42 Å². The van der Waals surface area contributed by atoms with Gasteiger partial charge in [-0.05, 0) is 96.6 Å². The number of phenolic OH excluding ortho intramolecular Hbond substituents is 3. The lowest BCUT2D eigenvalue weighted by atomic mass is 9.96. The number of benzene rings is 4. The number of likely N-dealkylation sites (tertiary alicyclic amines) is 1. The fraction of sp³-hybridized carbons (Fsp3) is 0.347. The van der Waals surface area contributed by atoms with Crippen LogP contribution in [0, 0.1) is 24.0 Å². The zero-order chi connectivity index (χ0) is 44.1. The number of anilines is 1. The molecule has 2 atom stereocenters. The van der Waals surface area contributed by atoms with Gasteiger partial charge < -0.3 is 35.2 Å². The van der Waals surface area contributed by atoms with Crippen molar-refractivity contribution in [2.75, 3.05) is 38.2 Å². The maximum Gasteiger partial charge on any atom is 0.318 e. The van der Waals surface area contributed by atoms with E-state index < -0.39 is 11.6 Å². The van der Waals surface area contributed by atoms with Crippen LogP contribution in [0.3, 0.4) is 0 Å². The van der Waals surface area contributed by atoms with E-state index in [-0.39, 0.29) is 68.4 Å². The van der Waals surface area contributed by atoms with E-state index in [4.69, 9.17) is 11.2 Å². The van der Waals surface area contributed by atoms with Crippen molar-refractivity contribution in [3.8, 4) is 46.9 Å². The summed E-state index contributed by atoms with van der Waals surface area (Å²) in [6.45, 7) is 9.78. The molecule has 14 heteroatoms. The number of rotatable bonds is 7. The smallest absolute Gasteiger partial charge is 0.318 e. The van der Waals surface area contributed by atoms with Crippen LogP contribution in [0.2, 0.25) is 0 Å². The number of carbonyl (C=O) groups is 1. The highest BCUT2D eigenvalue weighted by atomic mass is 19.1.